The smallest absolute Gasteiger partial charge is 0.115 e. The van der Waals surface area contributed by atoms with Crippen LogP contribution >= 0.6 is 0 Å². The van der Waals surface area contributed by atoms with Crippen LogP contribution in [0.2, 0.25) is 0 Å². The van der Waals surface area contributed by atoms with Gasteiger partial charge in [0.15, 0.2) is 0 Å². The van der Waals surface area contributed by atoms with E-state index >= 15 is 0 Å². The number of hydrogen-bond donors (Lipinski definition) is 1. The van der Waals surface area contributed by atoms with E-state index < -0.39 is 0 Å². The van der Waals surface area contributed by atoms with E-state index in [1.807, 2.05) is 7.05 Å². The molecular formula is C8H13N3. The molecule has 0 saturated heterocycles. The predicted molar refractivity (Wildman–Crippen MR) is 45.7 cm³/mol. The number of nitrogens with one attached hydrogen (secondary N) is 1. The molecular weight excluding hydrogens is 138 g/mol. The molecule has 60 valence electrons. The van der Waals surface area contributed by atoms with Gasteiger partial charge in [-0.1, -0.05) is 13.8 Å². The fourth-order valence-electron chi connectivity index (χ4n) is 0.992. The summed E-state index contributed by atoms with van der Waals surface area (Å²) in [5, 5.41) is 3.05. The van der Waals surface area contributed by atoms with Gasteiger partial charge in [-0.05, 0) is 5.92 Å². The van der Waals surface area contributed by atoms with E-state index in [0.717, 1.165) is 11.4 Å². The Bertz CT molecular complexity index is 233. The van der Waals surface area contributed by atoms with Gasteiger partial charge in [-0.3, -0.25) is 0 Å². The van der Waals surface area contributed by atoms with Crippen molar-refractivity contribution in [2.24, 2.45) is 0 Å². The minimum Gasteiger partial charge on any atom is -0.385 e. The van der Waals surface area contributed by atoms with E-state index in [2.05, 4.69) is 29.1 Å². The third kappa shape index (κ3) is 1.67. The van der Waals surface area contributed by atoms with Crippen LogP contribution in [-0.4, -0.2) is 17.0 Å². The normalized spacial score (nSPS) is 10.2. The van der Waals surface area contributed by atoms with Crippen LogP contribution in [-0.2, 0) is 0 Å². The van der Waals surface area contributed by atoms with Gasteiger partial charge < -0.3 is 5.32 Å². The van der Waals surface area contributed by atoms with E-state index in [0.29, 0.717) is 5.92 Å². The molecule has 0 aliphatic rings. The Labute approximate surface area is 66.9 Å². The Hall–Kier alpha value is -1.12. The summed E-state index contributed by atoms with van der Waals surface area (Å²) in [6.45, 7) is 4.23. The van der Waals surface area contributed by atoms with Crippen molar-refractivity contribution in [3.05, 3.63) is 18.2 Å². The minimum absolute atomic E-state index is 0.445. The molecule has 0 saturated carbocycles. The van der Waals surface area contributed by atoms with E-state index in [1.54, 1.807) is 12.5 Å². The molecule has 0 bridgehead atoms. The second kappa shape index (κ2) is 3.32. The van der Waals surface area contributed by atoms with Gasteiger partial charge >= 0.3 is 0 Å². The highest BCUT2D eigenvalue weighted by Crippen LogP contribution is 2.18. The molecule has 1 rings (SSSR count). The number of hydrogen-bond acceptors (Lipinski definition) is 3. The first-order valence-electron chi connectivity index (χ1n) is 3.73. The van der Waals surface area contributed by atoms with E-state index in [9.17, 15) is 0 Å². The van der Waals surface area contributed by atoms with Crippen molar-refractivity contribution in [1.82, 2.24) is 9.97 Å². The van der Waals surface area contributed by atoms with Crippen molar-refractivity contribution < 1.29 is 0 Å². The van der Waals surface area contributed by atoms with Crippen LogP contribution in [0.3, 0.4) is 0 Å². The number of aromatic nitrogens is 2. The molecule has 1 N–H and O–H groups in total. The molecule has 1 aromatic rings. The molecule has 0 spiro atoms. The predicted octanol–water partition coefficient (Wildman–Crippen LogP) is 1.64. The van der Waals surface area contributed by atoms with Gasteiger partial charge in [-0.15, -0.1) is 0 Å². The average molecular weight is 151 g/mol. The Kier molecular flexibility index (Phi) is 2.41. The Morgan fingerprint density at radius 2 is 2.18 bits per heavy atom. The van der Waals surface area contributed by atoms with E-state index in [4.69, 9.17) is 0 Å². The van der Waals surface area contributed by atoms with Crippen molar-refractivity contribution >= 4 is 5.69 Å². The van der Waals surface area contributed by atoms with Crippen molar-refractivity contribution in [2.45, 2.75) is 19.8 Å². The van der Waals surface area contributed by atoms with Crippen LogP contribution in [0.5, 0.6) is 0 Å². The lowest BCUT2D eigenvalue weighted by Gasteiger charge is -2.08. The highest BCUT2D eigenvalue weighted by atomic mass is 14.9. The number of nitrogens with zero attached hydrogens (tertiary/aromatic N) is 2. The summed E-state index contributed by atoms with van der Waals surface area (Å²) in [4.78, 5) is 8.10. The maximum Gasteiger partial charge on any atom is 0.115 e. The van der Waals surface area contributed by atoms with Gasteiger partial charge in [0.05, 0.1) is 17.6 Å². The lowest BCUT2D eigenvalue weighted by atomic mass is 10.1. The first-order valence-corrected chi connectivity index (χ1v) is 3.73. The molecule has 0 fully saturated rings. The van der Waals surface area contributed by atoms with Crippen molar-refractivity contribution in [3.63, 3.8) is 0 Å². The second-order valence-corrected chi connectivity index (χ2v) is 2.73. The Balaban J connectivity index is 3.02. The van der Waals surface area contributed by atoms with E-state index in [1.165, 1.54) is 0 Å². The average Bonchev–Trinajstić information content (AvgIpc) is 2.04. The maximum atomic E-state index is 4.18. The van der Waals surface area contributed by atoms with Gasteiger partial charge in [0.25, 0.3) is 0 Å². The fourth-order valence-corrected chi connectivity index (χ4v) is 0.992. The zero-order valence-corrected chi connectivity index (χ0v) is 7.13. The minimum atomic E-state index is 0.445. The Morgan fingerprint density at radius 1 is 1.45 bits per heavy atom. The van der Waals surface area contributed by atoms with Crippen LogP contribution in [0.15, 0.2) is 12.5 Å². The standard InChI is InChI=1S/C8H13N3/c1-6(2)8-7(9-3)4-10-5-11-8/h4-6,9H,1-3H3. The molecule has 11 heavy (non-hydrogen) atoms. The second-order valence-electron chi connectivity index (χ2n) is 2.73. The zero-order valence-electron chi connectivity index (χ0n) is 7.13. The number of rotatable bonds is 2. The van der Waals surface area contributed by atoms with Crippen LogP contribution in [0.1, 0.15) is 25.5 Å². The summed E-state index contributed by atoms with van der Waals surface area (Å²) in [6, 6.07) is 0. The molecule has 3 nitrogen and oxygen atoms in total. The number of anilines is 1. The summed E-state index contributed by atoms with van der Waals surface area (Å²) in [7, 11) is 1.88. The largest absolute Gasteiger partial charge is 0.385 e. The van der Waals surface area contributed by atoms with Crippen molar-refractivity contribution in [2.75, 3.05) is 12.4 Å². The lowest BCUT2D eigenvalue weighted by molar-refractivity contribution is 0.816. The van der Waals surface area contributed by atoms with Gasteiger partial charge in [0, 0.05) is 7.05 Å². The highest BCUT2D eigenvalue weighted by molar-refractivity contribution is 5.45. The monoisotopic (exact) mass is 151 g/mol. The van der Waals surface area contributed by atoms with Gasteiger partial charge in [0.2, 0.25) is 0 Å². The molecule has 1 aromatic heterocycles. The molecule has 0 atom stereocenters. The van der Waals surface area contributed by atoms with Crippen LogP contribution in [0.25, 0.3) is 0 Å². The summed E-state index contributed by atoms with van der Waals surface area (Å²) in [5.74, 6) is 0.445. The first-order chi connectivity index (χ1) is 5.25. The SMILES string of the molecule is CNc1cncnc1C(C)C. The van der Waals surface area contributed by atoms with Crippen molar-refractivity contribution in [3.8, 4) is 0 Å². The van der Waals surface area contributed by atoms with Crippen LogP contribution < -0.4 is 5.32 Å². The molecule has 0 radical (unpaired) electrons. The molecule has 0 unspecified atom stereocenters. The molecule has 0 amide bonds. The topological polar surface area (TPSA) is 37.8 Å². The molecule has 0 aromatic carbocycles. The van der Waals surface area contributed by atoms with Crippen LogP contribution in [0.4, 0.5) is 5.69 Å². The molecule has 0 aliphatic heterocycles. The molecule has 1 heterocycles. The van der Waals surface area contributed by atoms with Gasteiger partial charge in [0.1, 0.15) is 6.33 Å². The van der Waals surface area contributed by atoms with Crippen LogP contribution in [0, 0.1) is 0 Å². The lowest BCUT2D eigenvalue weighted by Crippen LogP contribution is -2.00. The summed E-state index contributed by atoms with van der Waals surface area (Å²) < 4.78 is 0. The molecule has 3 heteroatoms. The summed E-state index contributed by atoms with van der Waals surface area (Å²) >= 11 is 0. The summed E-state index contributed by atoms with van der Waals surface area (Å²) in [6.07, 6.45) is 3.37. The quantitative estimate of drug-likeness (QED) is 0.698. The third-order valence-electron chi connectivity index (χ3n) is 1.56. The summed E-state index contributed by atoms with van der Waals surface area (Å²) in [5.41, 5.74) is 2.09. The first kappa shape index (κ1) is 7.98. The zero-order chi connectivity index (χ0) is 8.27. The fraction of sp³-hybridized carbons (Fsp3) is 0.500. The molecule has 0 aliphatic carbocycles. The maximum absolute atomic E-state index is 4.18. The van der Waals surface area contributed by atoms with Gasteiger partial charge in [-0.2, -0.15) is 0 Å². The van der Waals surface area contributed by atoms with Gasteiger partial charge in [-0.25, -0.2) is 9.97 Å². The van der Waals surface area contributed by atoms with Crippen molar-refractivity contribution in [1.29, 1.82) is 0 Å². The third-order valence-corrected chi connectivity index (χ3v) is 1.56. The highest BCUT2D eigenvalue weighted by Gasteiger charge is 2.05. The van der Waals surface area contributed by atoms with E-state index in [-0.39, 0.29) is 0 Å². The Morgan fingerprint density at radius 3 is 2.64 bits per heavy atom.